The number of carbonyl (C=O) groups is 1. The van der Waals surface area contributed by atoms with E-state index in [4.69, 9.17) is 4.52 Å². The highest BCUT2D eigenvalue weighted by Crippen LogP contribution is 2.37. The number of hydrogen-bond acceptors (Lipinski definition) is 7. The minimum atomic E-state index is -0.533. The van der Waals surface area contributed by atoms with E-state index in [9.17, 15) is 4.79 Å². The minimum Gasteiger partial charge on any atom is -0.360 e. The third kappa shape index (κ3) is 3.29. The molecule has 0 spiro atoms. The maximum atomic E-state index is 12.9. The number of carbonyl (C=O) groups excluding carboxylic acids is 1. The number of imidazole rings is 1. The first-order valence-corrected chi connectivity index (χ1v) is 8.68. The van der Waals surface area contributed by atoms with Crippen molar-refractivity contribution in [1.29, 1.82) is 0 Å². The number of amides is 1. The summed E-state index contributed by atoms with van der Waals surface area (Å²) in [7, 11) is 0. The molecule has 0 fully saturated rings. The van der Waals surface area contributed by atoms with Gasteiger partial charge < -0.3 is 14.8 Å². The van der Waals surface area contributed by atoms with E-state index in [-0.39, 0.29) is 5.91 Å². The number of benzene rings is 1. The standard InChI is InChI=1S/C17H14N6O2S/c1-10-7-12(23-25-10)22-16(24)14(11-5-3-2-4-6-11)26-17-13-15(19-8-18-13)20-9-21-17/h2-9,14H,1H3,(H,22,23,24)(H,18,19,20,21). The molecule has 130 valence electrons. The van der Waals surface area contributed by atoms with Gasteiger partial charge in [-0.2, -0.15) is 0 Å². The highest BCUT2D eigenvalue weighted by molar-refractivity contribution is 8.00. The second-order valence-electron chi connectivity index (χ2n) is 5.50. The summed E-state index contributed by atoms with van der Waals surface area (Å²) in [5.74, 6) is 0.781. The molecule has 4 rings (SSSR count). The normalized spacial score (nSPS) is 12.2. The summed E-state index contributed by atoms with van der Waals surface area (Å²) in [5.41, 5.74) is 2.10. The Morgan fingerprint density at radius 3 is 2.85 bits per heavy atom. The maximum Gasteiger partial charge on any atom is 0.243 e. The lowest BCUT2D eigenvalue weighted by Gasteiger charge is -2.15. The Hall–Kier alpha value is -3.20. The first-order chi connectivity index (χ1) is 12.7. The van der Waals surface area contributed by atoms with Crippen LogP contribution >= 0.6 is 11.8 Å². The van der Waals surface area contributed by atoms with E-state index in [0.29, 0.717) is 27.8 Å². The Kier molecular flexibility index (Phi) is 4.36. The number of aromatic nitrogens is 5. The van der Waals surface area contributed by atoms with E-state index in [1.807, 2.05) is 30.3 Å². The number of rotatable bonds is 5. The van der Waals surface area contributed by atoms with Gasteiger partial charge in [-0.1, -0.05) is 47.3 Å². The summed E-state index contributed by atoms with van der Waals surface area (Å²) in [5, 5.41) is 6.73. The quantitative estimate of drug-likeness (QED) is 0.412. The highest BCUT2D eigenvalue weighted by Gasteiger charge is 2.25. The van der Waals surface area contributed by atoms with Crippen LogP contribution in [0, 0.1) is 6.92 Å². The van der Waals surface area contributed by atoms with Gasteiger partial charge in [-0.05, 0) is 12.5 Å². The van der Waals surface area contributed by atoms with E-state index >= 15 is 0 Å². The predicted molar refractivity (Wildman–Crippen MR) is 96.6 cm³/mol. The molecule has 0 aliphatic heterocycles. The van der Waals surface area contributed by atoms with Gasteiger partial charge in [0.2, 0.25) is 5.91 Å². The number of H-pyrrole nitrogens is 1. The zero-order valence-corrected chi connectivity index (χ0v) is 14.5. The van der Waals surface area contributed by atoms with Crippen LogP contribution in [0.4, 0.5) is 5.82 Å². The van der Waals surface area contributed by atoms with Crippen LogP contribution in [-0.2, 0) is 4.79 Å². The topological polar surface area (TPSA) is 110 Å². The Labute approximate surface area is 152 Å². The summed E-state index contributed by atoms with van der Waals surface area (Å²) in [6.45, 7) is 1.77. The van der Waals surface area contributed by atoms with Gasteiger partial charge in [-0.15, -0.1) is 0 Å². The molecule has 0 saturated heterocycles. The van der Waals surface area contributed by atoms with Gasteiger partial charge >= 0.3 is 0 Å². The molecule has 0 aliphatic rings. The van der Waals surface area contributed by atoms with E-state index in [1.54, 1.807) is 19.3 Å². The molecular weight excluding hydrogens is 352 g/mol. The van der Waals surface area contributed by atoms with E-state index < -0.39 is 5.25 Å². The molecule has 1 aromatic carbocycles. The summed E-state index contributed by atoms with van der Waals surface area (Å²) in [4.78, 5) is 28.5. The molecule has 0 aliphatic carbocycles. The van der Waals surface area contributed by atoms with Crippen LogP contribution in [0.2, 0.25) is 0 Å². The van der Waals surface area contributed by atoms with Gasteiger partial charge in [-0.25, -0.2) is 15.0 Å². The highest BCUT2D eigenvalue weighted by atomic mass is 32.2. The summed E-state index contributed by atoms with van der Waals surface area (Å²) in [6.07, 6.45) is 2.99. The lowest BCUT2D eigenvalue weighted by Crippen LogP contribution is -2.19. The number of fused-ring (bicyclic) bond motifs is 1. The van der Waals surface area contributed by atoms with Crippen molar-refractivity contribution >= 4 is 34.7 Å². The minimum absolute atomic E-state index is 0.222. The summed E-state index contributed by atoms with van der Waals surface area (Å²) >= 11 is 1.32. The Balaban J connectivity index is 1.67. The van der Waals surface area contributed by atoms with Crippen molar-refractivity contribution in [3.63, 3.8) is 0 Å². The number of anilines is 1. The zero-order valence-electron chi connectivity index (χ0n) is 13.7. The predicted octanol–water partition coefficient (Wildman–Crippen LogP) is 3.12. The van der Waals surface area contributed by atoms with Crippen LogP contribution in [-0.4, -0.2) is 31.0 Å². The molecule has 0 radical (unpaired) electrons. The monoisotopic (exact) mass is 366 g/mol. The fraction of sp³-hybridized carbons (Fsp3) is 0.118. The van der Waals surface area contributed by atoms with Crippen LogP contribution in [0.15, 0.2) is 58.6 Å². The lowest BCUT2D eigenvalue weighted by molar-refractivity contribution is -0.115. The number of aromatic amines is 1. The average Bonchev–Trinajstić information content (AvgIpc) is 3.29. The number of nitrogens with one attached hydrogen (secondary N) is 2. The molecular formula is C17H14N6O2S. The average molecular weight is 366 g/mol. The summed E-state index contributed by atoms with van der Waals surface area (Å²) < 4.78 is 5.01. The van der Waals surface area contributed by atoms with Gasteiger partial charge in [0.1, 0.15) is 27.9 Å². The Morgan fingerprint density at radius 2 is 2.08 bits per heavy atom. The molecule has 1 amide bonds. The van der Waals surface area contributed by atoms with Gasteiger partial charge in [0, 0.05) is 6.07 Å². The number of nitrogens with zero attached hydrogens (tertiary/aromatic N) is 4. The lowest BCUT2D eigenvalue weighted by atomic mass is 10.1. The second-order valence-corrected chi connectivity index (χ2v) is 6.59. The number of thioether (sulfide) groups is 1. The van der Waals surface area contributed by atoms with Crippen molar-refractivity contribution in [1.82, 2.24) is 25.1 Å². The van der Waals surface area contributed by atoms with Crippen LogP contribution in [0.3, 0.4) is 0 Å². The van der Waals surface area contributed by atoms with Crippen molar-refractivity contribution in [3.05, 3.63) is 60.4 Å². The summed E-state index contributed by atoms with van der Waals surface area (Å²) in [6, 6.07) is 11.2. The van der Waals surface area contributed by atoms with Gasteiger partial charge in [0.15, 0.2) is 11.5 Å². The third-order valence-electron chi connectivity index (χ3n) is 3.64. The molecule has 2 N–H and O–H groups in total. The van der Waals surface area contributed by atoms with Crippen LogP contribution in [0.5, 0.6) is 0 Å². The third-order valence-corrected chi connectivity index (χ3v) is 4.89. The first kappa shape index (κ1) is 16.3. The molecule has 8 nitrogen and oxygen atoms in total. The van der Waals surface area contributed by atoms with E-state index in [0.717, 1.165) is 5.56 Å². The molecule has 1 unspecified atom stereocenters. The van der Waals surface area contributed by atoms with Crippen molar-refractivity contribution in [2.45, 2.75) is 17.2 Å². The number of hydrogen-bond donors (Lipinski definition) is 2. The van der Waals surface area contributed by atoms with Gasteiger partial charge in [-0.3, -0.25) is 4.79 Å². The Morgan fingerprint density at radius 1 is 1.23 bits per heavy atom. The van der Waals surface area contributed by atoms with E-state index in [1.165, 1.54) is 18.1 Å². The van der Waals surface area contributed by atoms with Crippen molar-refractivity contribution < 1.29 is 9.32 Å². The molecule has 3 heterocycles. The largest absolute Gasteiger partial charge is 0.360 e. The number of aryl methyl sites for hydroxylation is 1. The fourth-order valence-electron chi connectivity index (χ4n) is 2.46. The zero-order chi connectivity index (χ0) is 17.9. The van der Waals surface area contributed by atoms with Crippen LogP contribution < -0.4 is 5.32 Å². The molecule has 26 heavy (non-hydrogen) atoms. The fourth-order valence-corrected chi connectivity index (χ4v) is 3.52. The van der Waals surface area contributed by atoms with Gasteiger partial charge in [0.25, 0.3) is 0 Å². The van der Waals surface area contributed by atoms with Gasteiger partial charge in [0.05, 0.1) is 6.33 Å². The SMILES string of the molecule is Cc1cc(NC(=O)C(Sc2ncnc3nc[nH]c23)c2ccccc2)no1. The van der Waals surface area contributed by atoms with E-state index in [2.05, 4.69) is 30.4 Å². The molecule has 4 aromatic rings. The first-order valence-electron chi connectivity index (χ1n) is 7.80. The smallest absolute Gasteiger partial charge is 0.243 e. The molecule has 3 aromatic heterocycles. The van der Waals surface area contributed by atoms with Crippen molar-refractivity contribution in [2.75, 3.05) is 5.32 Å². The molecule has 9 heteroatoms. The molecule has 0 bridgehead atoms. The van der Waals surface area contributed by atoms with Crippen LogP contribution in [0.1, 0.15) is 16.6 Å². The molecule has 1 atom stereocenters. The Bertz CT molecular complexity index is 1050. The maximum absolute atomic E-state index is 12.9. The van der Waals surface area contributed by atoms with Crippen molar-refractivity contribution in [3.8, 4) is 0 Å². The van der Waals surface area contributed by atoms with Crippen LogP contribution in [0.25, 0.3) is 11.2 Å². The second kappa shape index (κ2) is 6.96. The molecule has 0 saturated carbocycles. The van der Waals surface area contributed by atoms with Crippen molar-refractivity contribution in [2.24, 2.45) is 0 Å².